The quantitative estimate of drug-likeness (QED) is 0.541. The smallest absolute Gasteiger partial charge is 0.271 e. The minimum absolute atomic E-state index is 0.122. The second-order valence-corrected chi connectivity index (χ2v) is 4.68. The molecule has 6 nitrogen and oxygen atoms in total. The fraction of sp³-hybridized carbons (Fsp3) is 0.214. The van der Waals surface area contributed by atoms with E-state index >= 15 is 0 Å². The van der Waals surface area contributed by atoms with E-state index in [-0.39, 0.29) is 10.6 Å². The highest BCUT2D eigenvalue weighted by molar-refractivity contribution is 5.82. The van der Waals surface area contributed by atoms with Gasteiger partial charge < -0.3 is 9.13 Å². The molecule has 20 heavy (non-hydrogen) atoms. The van der Waals surface area contributed by atoms with Crippen molar-refractivity contribution >= 4 is 16.6 Å². The van der Waals surface area contributed by atoms with Crippen LogP contribution in [0.25, 0.3) is 10.9 Å². The van der Waals surface area contributed by atoms with E-state index in [9.17, 15) is 10.1 Å². The molecule has 0 aliphatic carbocycles. The molecule has 0 radical (unpaired) electrons. The summed E-state index contributed by atoms with van der Waals surface area (Å²) in [5.41, 5.74) is 1.01. The molecule has 0 saturated heterocycles. The number of nitro groups is 1. The van der Waals surface area contributed by atoms with Gasteiger partial charge in [-0.15, -0.1) is 0 Å². The predicted octanol–water partition coefficient (Wildman–Crippen LogP) is 2.75. The van der Waals surface area contributed by atoms with Crippen LogP contribution in [0.3, 0.4) is 0 Å². The largest absolute Gasteiger partial charge is 0.345 e. The van der Waals surface area contributed by atoms with E-state index in [0.717, 1.165) is 29.8 Å². The normalized spacial score (nSPS) is 11.1. The van der Waals surface area contributed by atoms with Crippen molar-refractivity contribution in [3.05, 3.63) is 58.8 Å². The second-order valence-electron chi connectivity index (χ2n) is 4.68. The summed E-state index contributed by atoms with van der Waals surface area (Å²) in [5.74, 6) is 0.965. The monoisotopic (exact) mass is 270 g/mol. The van der Waals surface area contributed by atoms with Crippen LogP contribution < -0.4 is 0 Å². The van der Waals surface area contributed by atoms with Crippen LogP contribution >= 0.6 is 0 Å². The van der Waals surface area contributed by atoms with Gasteiger partial charge in [-0.25, -0.2) is 4.98 Å². The topological polar surface area (TPSA) is 65.9 Å². The minimum atomic E-state index is -0.364. The Balaban J connectivity index is 1.89. The van der Waals surface area contributed by atoms with Crippen molar-refractivity contribution < 1.29 is 4.92 Å². The Morgan fingerprint density at radius 2 is 2.00 bits per heavy atom. The highest BCUT2D eigenvalue weighted by atomic mass is 16.6. The van der Waals surface area contributed by atoms with Crippen LogP contribution in [0.1, 0.15) is 5.82 Å². The fourth-order valence-corrected chi connectivity index (χ4v) is 2.34. The van der Waals surface area contributed by atoms with Crippen molar-refractivity contribution in [2.24, 2.45) is 0 Å². The Kier molecular flexibility index (Phi) is 2.98. The summed E-state index contributed by atoms with van der Waals surface area (Å²) in [4.78, 5) is 14.7. The number of imidazole rings is 1. The van der Waals surface area contributed by atoms with Crippen LogP contribution in [0.5, 0.6) is 0 Å². The lowest BCUT2D eigenvalue weighted by molar-refractivity contribution is -0.384. The highest BCUT2D eigenvalue weighted by Gasteiger charge is 2.09. The van der Waals surface area contributed by atoms with E-state index in [0.29, 0.717) is 0 Å². The molecule has 102 valence electrons. The lowest BCUT2D eigenvalue weighted by atomic mass is 10.2. The van der Waals surface area contributed by atoms with E-state index in [1.54, 1.807) is 18.3 Å². The number of nitro benzene ring substituents is 1. The number of benzene rings is 1. The summed E-state index contributed by atoms with van der Waals surface area (Å²) in [6.07, 6.45) is 5.66. The molecule has 0 N–H and O–H groups in total. The van der Waals surface area contributed by atoms with Gasteiger partial charge >= 0.3 is 0 Å². The van der Waals surface area contributed by atoms with Crippen molar-refractivity contribution in [3.63, 3.8) is 0 Å². The molecule has 0 amide bonds. The first-order valence-corrected chi connectivity index (χ1v) is 6.36. The molecule has 0 aliphatic rings. The fourth-order valence-electron chi connectivity index (χ4n) is 2.34. The average molecular weight is 270 g/mol. The SMILES string of the molecule is Cc1nccn1CCn1ccc2ccc([N+](=O)[O-])cc21. The molecule has 0 unspecified atom stereocenters. The molecule has 0 aliphatic heterocycles. The zero-order chi connectivity index (χ0) is 14.1. The molecule has 3 rings (SSSR count). The van der Waals surface area contributed by atoms with Crippen molar-refractivity contribution in [2.75, 3.05) is 0 Å². The third kappa shape index (κ3) is 2.16. The molecule has 3 aromatic rings. The molecule has 6 heteroatoms. The number of rotatable bonds is 4. The van der Waals surface area contributed by atoms with Crippen LogP contribution in [0.2, 0.25) is 0 Å². The molecule has 0 atom stereocenters. The molecule has 1 aromatic carbocycles. The van der Waals surface area contributed by atoms with Crippen molar-refractivity contribution in [3.8, 4) is 0 Å². The minimum Gasteiger partial charge on any atom is -0.345 e. The first-order chi connectivity index (χ1) is 9.65. The Morgan fingerprint density at radius 1 is 1.20 bits per heavy atom. The Labute approximate surface area is 115 Å². The van der Waals surface area contributed by atoms with E-state index in [4.69, 9.17) is 0 Å². The summed E-state index contributed by atoms with van der Waals surface area (Å²) in [6, 6.07) is 6.91. The van der Waals surface area contributed by atoms with E-state index in [1.165, 1.54) is 6.07 Å². The molecule has 0 saturated carbocycles. The van der Waals surface area contributed by atoms with E-state index < -0.39 is 0 Å². The Bertz CT molecular complexity index is 772. The first kappa shape index (κ1) is 12.4. The second kappa shape index (κ2) is 4.80. The van der Waals surface area contributed by atoms with Crippen molar-refractivity contribution in [2.45, 2.75) is 20.0 Å². The molecule has 0 fully saturated rings. The van der Waals surface area contributed by atoms with Gasteiger partial charge in [0.25, 0.3) is 5.69 Å². The van der Waals surface area contributed by atoms with Gasteiger partial charge in [-0.1, -0.05) is 0 Å². The third-order valence-corrected chi connectivity index (χ3v) is 3.47. The molecule has 2 heterocycles. The predicted molar refractivity (Wildman–Crippen MR) is 75.6 cm³/mol. The highest BCUT2D eigenvalue weighted by Crippen LogP contribution is 2.22. The van der Waals surface area contributed by atoms with Gasteiger partial charge in [0.1, 0.15) is 5.82 Å². The van der Waals surface area contributed by atoms with E-state index in [1.807, 2.05) is 30.0 Å². The van der Waals surface area contributed by atoms with Gasteiger partial charge in [-0.2, -0.15) is 0 Å². The third-order valence-electron chi connectivity index (χ3n) is 3.47. The lowest BCUT2D eigenvalue weighted by Gasteiger charge is -2.07. The summed E-state index contributed by atoms with van der Waals surface area (Å²) < 4.78 is 4.09. The van der Waals surface area contributed by atoms with Crippen LogP contribution in [0, 0.1) is 17.0 Å². The van der Waals surface area contributed by atoms with Crippen molar-refractivity contribution in [1.82, 2.24) is 14.1 Å². The maximum absolute atomic E-state index is 10.9. The standard InChI is InChI=1S/C14H14N4O2/c1-11-15-5-7-16(11)8-9-17-6-4-12-2-3-13(18(19)20)10-14(12)17/h2-7,10H,8-9H2,1H3. The summed E-state index contributed by atoms with van der Waals surface area (Å²) in [5, 5.41) is 11.9. The maximum atomic E-state index is 10.9. The van der Waals surface area contributed by atoms with Gasteiger partial charge in [-0.05, 0) is 19.1 Å². The number of non-ortho nitro benzene ring substituents is 1. The van der Waals surface area contributed by atoms with Gasteiger partial charge in [0.2, 0.25) is 0 Å². The maximum Gasteiger partial charge on any atom is 0.271 e. The first-order valence-electron chi connectivity index (χ1n) is 6.36. The van der Waals surface area contributed by atoms with Crippen LogP contribution in [0.4, 0.5) is 5.69 Å². The molecular formula is C14H14N4O2. The number of nitrogens with zero attached hydrogens (tertiary/aromatic N) is 4. The summed E-state index contributed by atoms with van der Waals surface area (Å²) in [7, 11) is 0. The Hall–Kier alpha value is -2.63. The number of aryl methyl sites for hydroxylation is 3. The summed E-state index contributed by atoms with van der Waals surface area (Å²) in [6.45, 7) is 3.50. The van der Waals surface area contributed by atoms with Crippen LogP contribution in [-0.2, 0) is 13.1 Å². The zero-order valence-corrected chi connectivity index (χ0v) is 11.1. The summed E-state index contributed by atoms with van der Waals surface area (Å²) >= 11 is 0. The zero-order valence-electron chi connectivity index (χ0n) is 11.1. The van der Waals surface area contributed by atoms with Gasteiger partial charge in [0, 0.05) is 49.2 Å². The Morgan fingerprint density at radius 3 is 2.70 bits per heavy atom. The van der Waals surface area contributed by atoms with Crippen LogP contribution in [-0.4, -0.2) is 19.0 Å². The number of hydrogen-bond acceptors (Lipinski definition) is 3. The van der Waals surface area contributed by atoms with Gasteiger partial charge in [0.15, 0.2) is 0 Å². The molecule has 0 bridgehead atoms. The van der Waals surface area contributed by atoms with Gasteiger partial charge in [0.05, 0.1) is 10.4 Å². The molecule has 2 aromatic heterocycles. The lowest BCUT2D eigenvalue weighted by Crippen LogP contribution is -2.07. The number of fused-ring (bicyclic) bond motifs is 1. The molecular weight excluding hydrogens is 256 g/mol. The van der Waals surface area contributed by atoms with E-state index in [2.05, 4.69) is 9.55 Å². The molecule has 0 spiro atoms. The van der Waals surface area contributed by atoms with Gasteiger partial charge in [-0.3, -0.25) is 10.1 Å². The number of aromatic nitrogens is 3. The number of hydrogen-bond donors (Lipinski definition) is 0. The average Bonchev–Trinajstić information content (AvgIpc) is 3.02. The van der Waals surface area contributed by atoms with Crippen molar-refractivity contribution in [1.29, 1.82) is 0 Å². The van der Waals surface area contributed by atoms with Crippen LogP contribution in [0.15, 0.2) is 42.9 Å².